The van der Waals surface area contributed by atoms with E-state index in [1.54, 1.807) is 0 Å². The normalized spacial score (nSPS) is 12.5. The summed E-state index contributed by atoms with van der Waals surface area (Å²) in [4.78, 5) is 24.4. The molecule has 0 aromatic carbocycles. The first-order valence-corrected chi connectivity index (χ1v) is 24.7. The standard InChI is InChI=1S/C52H94O5/c1-3-5-7-9-11-13-15-17-19-21-23-25-27-28-30-32-34-36-38-40-42-44-46-51(54)56-49-50(48-53)57-52(55)47-45-43-41-39-37-35-33-31-29-26-24-22-20-18-16-14-12-10-8-6-4-2/h6,8,12,14,18,20,24,26,50,53H,3-5,7,9-11,13,15-17,19,21-23,25,27-49H2,1-2H3/b8-6-,14-12-,20-18-,26-24-. The monoisotopic (exact) mass is 799 g/mol. The fourth-order valence-electron chi connectivity index (χ4n) is 7.19. The molecule has 0 rings (SSSR count). The first-order chi connectivity index (χ1) is 28.1. The van der Waals surface area contributed by atoms with Crippen LogP contribution < -0.4 is 0 Å². The molecule has 5 nitrogen and oxygen atoms in total. The Morgan fingerprint density at radius 3 is 1.14 bits per heavy atom. The highest BCUT2D eigenvalue weighted by Gasteiger charge is 2.16. The molecule has 1 unspecified atom stereocenters. The molecule has 0 aromatic heterocycles. The Bertz CT molecular complexity index is 950. The molecule has 0 radical (unpaired) electrons. The van der Waals surface area contributed by atoms with Crippen LogP contribution in [0.4, 0.5) is 0 Å². The highest BCUT2D eigenvalue weighted by Crippen LogP contribution is 2.16. The average molecular weight is 799 g/mol. The molecule has 0 amide bonds. The zero-order valence-corrected chi connectivity index (χ0v) is 37.9. The average Bonchev–Trinajstić information content (AvgIpc) is 3.21. The van der Waals surface area contributed by atoms with Crippen molar-refractivity contribution in [1.82, 2.24) is 0 Å². The number of ether oxygens (including phenoxy) is 2. The third kappa shape index (κ3) is 46.4. The van der Waals surface area contributed by atoms with Crippen LogP contribution in [0.2, 0.25) is 0 Å². The van der Waals surface area contributed by atoms with Crippen LogP contribution in [0.15, 0.2) is 48.6 Å². The topological polar surface area (TPSA) is 72.8 Å². The first kappa shape index (κ1) is 54.9. The van der Waals surface area contributed by atoms with Gasteiger partial charge < -0.3 is 14.6 Å². The Morgan fingerprint density at radius 1 is 0.421 bits per heavy atom. The molecule has 0 aromatic rings. The number of hydrogen-bond donors (Lipinski definition) is 1. The summed E-state index contributed by atoms with van der Waals surface area (Å²) in [5.41, 5.74) is 0. The number of hydrogen-bond acceptors (Lipinski definition) is 5. The zero-order valence-electron chi connectivity index (χ0n) is 37.9. The summed E-state index contributed by atoms with van der Waals surface area (Å²) >= 11 is 0. The van der Waals surface area contributed by atoms with Crippen LogP contribution in [-0.2, 0) is 19.1 Å². The second kappa shape index (κ2) is 48.2. The molecule has 332 valence electrons. The number of aliphatic hydroxyl groups excluding tert-OH is 1. The van der Waals surface area contributed by atoms with Crippen LogP contribution >= 0.6 is 0 Å². The van der Waals surface area contributed by atoms with E-state index in [2.05, 4.69) is 62.5 Å². The van der Waals surface area contributed by atoms with Gasteiger partial charge in [0.2, 0.25) is 0 Å². The lowest BCUT2D eigenvalue weighted by atomic mass is 10.0. The highest BCUT2D eigenvalue weighted by atomic mass is 16.6. The van der Waals surface area contributed by atoms with Crippen molar-refractivity contribution in [2.24, 2.45) is 0 Å². The number of rotatable bonds is 45. The second-order valence-corrected chi connectivity index (χ2v) is 16.5. The van der Waals surface area contributed by atoms with Crippen molar-refractivity contribution < 1.29 is 24.2 Å². The summed E-state index contributed by atoms with van der Waals surface area (Å²) in [5, 5.41) is 9.62. The van der Waals surface area contributed by atoms with Crippen LogP contribution in [0, 0.1) is 0 Å². The highest BCUT2D eigenvalue weighted by molar-refractivity contribution is 5.70. The summed E-state index contributed by atoms with van der Waals surface area (Å²) in [6, 6.07) is 0. The third-order valence-electron chi connectivity index (χ3n) is 10.9. The fraction of sp³-hybridized carbons (Fsp3) is 0.808. The second-order valence-electron chi connectivity index (χ2n) is 16.5. The van der Waals surface area contributed by atoms with Gasteiger partial charge in [-0.3, -0.25) is 9.59 Å². The molecule has 0 saturated carbocycles. The number of unbranched alkanes of at least 4 members (excludes halogenated alkanes) is 29. The van der Waals surface area contributed by atoms with E-state index >= 15 is 0 Å². The van der Waals surface area contributed by atoms with E-state index in [9.17, 15) is 14.7 Å². The van der Waals surface area contributed by atoms with Gasteiger partial charge in [-0.2, -0.15) is 0 Å². The predicted octanol–water partition coefficient (Wildman–Crippen LogP) is 16.1. The smallest absolute Gasteiger partial charge is 0.306 e. The van der Waals surface area contributed by atoms with Crippen molar-refractivity contribution in [2.75, 3.05) is 13.2 Å². The molecule has 0 bridgehead atoms. The third-order valence-corrected chi connectivity index (χ3v) is 10.9. The van der Waals surface area contributed by atoms with Crippen molar-refractivity contribution in [3.63, 3.8) is 0 Å². The van der Waals surface area contributed by atoms with E-state index in [0.29, 0.717) is 12.8 Å². The summed E-state index contributed by atoms with van der Waals surface area (Å²) in [5.74, 6) is -0.590. The SMILES string of the molecule is CC/C=C\C/C=C\C/C=C\C/C=C\CCCCCCCCCCC(=O)OC(CO)COC(=O)CCCCCCCCCCCCCCCCCCCCCCCC. The summed E-state index contributed by atoms with van der Waals surface area (Å²) in [6.45, 7) is 4.05. The summed E-state index contributed by atoms with van der Waals surface area (Å²) in [7, 11) is 0. The molecule has 1 atom stereocenters. The van der Waals surface area contributed by atoms with Crippen LogP contribution in [0.5, 0.6) is 0 Å². The van der Waals surface area contributed by atoms with E-state index in [4.69, 9.17) is 9.47 Å². The van der Waals surface area contributed by atoms with Gasteiger partial charge in [-0.1, -0.05) is 236 Å². The summed E-state index contributed by atoms with van der Waals surface area (Å²) < 4.78 is 10.7. The maximum atomic E-state index is 12.2. The molecule has 0 aliphatic rings. The zero-order chi connectivity index (χ0) is 41.4. The number of allylic oxidation sites excluding steroid dienone is 8. The van der Waals surface area contributed by atoms with E-state index in [0.717, 1.165) is 70.6 Å². The van der Waals surface area contributed by atoms with Crippen LogP contribution in [0.3, 0.4) is 0 Å². The Labute approximate surface area is 354 Å². The molecular formula is C52H94O5. The van der Waals surface area contributed by atoms with Gasteiger partial charge >= 0.3 is 11.9 Å². The lowest BCUT2D eigenvalue weighted by Gasteiger charge is -2.15. The number of esters is 2. The van der Waals surface area contributed by atoms with Crippen LogP contribution in [-0.4, -0.2) is 36.4 Å². The Hall–Kier alpha value is -2.14. The van der Waals surface area contributed by atoms with E-state index in [1.807, 2.05) is 0 Å². The quantitative estimate of drug-likeness (QED) is 0.0377. The lowest BCUT2D eigenvalue weighted by Crippen LogP contribution is -2.28. The maximum absolute atomic E-state index is 12.2. The minimum atomic E-state index is -0.775. The minimum Gasteiger partial charge on any atom is -0.462 e. The van der Waals surface area contributed by atoms with Crippen molar-refractivity contribution in [1.29, 1.82) is 0 Å². The molecule has 57 heavy (non-hydrogen) atoms. The molecule has 1 N–H and O–H groups in total. The fourth-order valence-corrected chi connectivity index (χ4v) is 7.19. The maximum Gasteiger partial charge on any atom is 0.306 e. The molecule has 0 aliphatic carbocycles. The van der Waals surface area contributed by atoms with Gasteiger partial charge in [0.05, 0.1) is 6.61 Å². The first-order valence-electron chi connectivity index (χ1n) is 24.7. The minimum absolute atomic E-state index is 0.0668. The Balaban J connectivity index is 3.49. The van der Waals surface area contributed by atoms with Crippen LogP contribution in [0.1, 0.15) is 251 Å². The molecule has 0 saturated heterocycles. The molecular weight excluding hydrogens is 705 g/mol. The van der Waals surface area contributed by atoms with Gasteiger partial charge in [0, 0.05) is 12.8 Å². The number of carbonyl (C=O) groups is 2. The van der Waals surface area contributed by atoms with E-state index in [1.165, 1.54) is 154 Å². The van der Waals surface area contributed by atoms with E-state index < -0.39 is 6.10 Å². The van der Waals surface area contributed by atoms with Crippen molar-refractivity contribution in [3.8, 4) is 0 Å². The van der Waals surface area contributed by atoms with Gasteiger partial charge in [-0.05, 0) is 51.4 Å². The molecule has 0 heterocycles. The summed E-state index contributed by atoms with van der Waals surface area (Å²) in [6.07, 6.45) is 62.0. The van der Waals surface area contributed by atoms with Crippen molar-refractivity contribution >= 4 is 11.9 Å². The van der Waals surface area contributed by atoms with Gasteiger partial charge in [-0.25, -0.2) is 0 Å². The van der Waals surface area contributed by atoms with Crippen molar-refractivity contribution in [3.05, 3.63) is 48.6 Å². The predicted molar refractivity (Wildman–Crippen MR) is 247 cm³/mol. The van der Waals surface area contributed by atoms with Gasteiger partial charge in [0.25, 0.3) is 0 Å². The van der Waals surface area contributed by atoms with Gasteiger partial charge in [-0.15, -0.1) is 0 Å². The Kier molecular flexibility index (Phi) is 46.4. The van der Waals surface area contributed by atoms with Crippen molar-refractivity contribution in [2.45, 2.75) is 258 Å². The van der Waals surface area contributed by atoms with Crippen LogP contribution in [0.25, 0.3) is 0 Å². The number of aliphatic hydroxyl groups is 1. The molecule has 0 aliphatic heterocycles. The molecule has 0 spiro atoms. The van der Waals surface area contributed by atoms with Gasteiger partial charge in [0.1, 0.15) is 6.61 Å². The Morgan fingerprint density at radius 2 is 0.754 bits per heavy atom. The molecule has 0 fully saturated rings. The van der Waals surface area contributed by atoms with Gasteiger partial charge in [0.15, 0.2) is 6.10 Å². The van der Waals surface area contributed by atoms with E-state index in [-0.39, 0.29) is 25.2 Å². The molecule has 5 heteroatoms. The lowest BCUT2D eigenvalue weighted by molar-refractivity contribution is -0.161. The number of carbonyl (C=O) groups excluding carboxylic acids is 2. The largest absolute Gasteiger partial charge is 0.462 e.